The molecule has 4 aromatic carbocycles. The third kappa shape index (κ3) is 2.62. The van der Waals surface area contributed by atoms with Crippen molar-refractivity contribution in [3.05, 3.63) is 77.8 Å². The molecule has 0 fully saturated rings. The van der Waals surface area contributed by atoms with Crippen molar-refractivity contribution in [2.24, 2.45) is 0 Å². The molecule has 0 spiro atoms. The van der Waals surface area contributed by atoms with Crippen LogP contribution >= 0.6 is 11.6 Å². The highest BCUT2D eigenvalue weighted by atomic mass is 35.5. The van der Waals surface area contributed by atoms with E-state index in [4.69, 9.17) is 16.0 Å². The first-order valence-corrected chi connectivity index (χ1v) is 10.5. The predicted octanol–water partition coefficient (Wildman–Crippen LogP) is 6.80. The zero-order chi connectivity index (χ0) is 18.5. The smallest absolute Gasteiger partial charge is 0.161 e. The summed E-state index contributed by atoms with van der Waals surface area (Å²) >= 11 is 5.00. The maximum Gasteiger partial charge on any atom is 0.161 e. The van der Waals surface area contributed by atoms with E-state index in [0.717, 1.165) is 48.7 Å². The van der Waals surface area contributed by atoms with Gasteiger partial charge in [-0.2, -0.15) is 0 Å². The van der Waals surface area contributed by atoms with E-state index < -0.39 is 11.2 Å². The highest BCUT2D eigenvalue weighted by molar-refractivity contribution is 7.90. The van der Waals surface area contributed by atoms with E-state index in [0.29, 0.717) is 5.02 Å². The van der Waals surface area contributed by atoms with Crippen molar-refractivity contribution in [2.45, 2.75) is 4.90 Å². The maximum absolute atomic E-state index is 12.3. The van der Waals surface area contributed by atoms with Crippen molar-refractivity contribution in [1.29, 1.82) is 0 Å². The summed E-state index contributed by atoms with van der Waals surface area (Å²) in [5.41, 5.74) is 3.62. The first-order chi connectivity index (χ1) is 13.1. The Hall–Kier alpha value is -2.46. The molecule has 0 aliphatic rings. The highest BCUT2D eigenvalue weighted by Crippen LogP contribution is 2.41. The van der Waals surface area contributed by atoms with Crippen LogP contribution in [-0.4, -0.2) is 10.8 Å². The first-order valence-electron chi connectivity index (χ1n) is 8.60. The van der Waals surface area contributed by atoms with Crippen molar-refractivity contribution in [2.75, 3.05) is 6.26 Å². The average Bonchev–Trinajstić information content (AvgIpc) is 3.07. The second kappa shape index (κ2) is 6.31. The molecule has 0 bridgehead atoms. The lowest BCUT2D eigenvalue weighted by Gasteiger charge is -2.12. The molecule has 0 aliphatic carbocycles. The Morgan fingerprint density at radius 3 is 2.56 bits per heavy atom. The van der Waals surface area contributed by atoms with Crippen molar-refractivity contribution in [1.82, 2.24) is 0 Å². The molecule has 1 unspecified atom stereocenters. The molecule has 4 heteroatoms. The standard InChI is InChI=1S/C23H15ClO2S/c1-27(25)21-13-15(24)10-12-17(21)18-7-4-8-20-22(18)19-11-9-14-5-2-3-6-16(14)23(19)26-20/h2-13H,1H3. The molecule has 0 saturated carbocycles. The van der Waals surface area contributed by atoms with Gasteiger partial charge in [0, 0.05) is 32.8 Å². The lowest BCUT2D eigenvalue weighted by molar-refractivity contribution is 0.601. The lowest BCUT2D eigenvalue weighted by atomic mass is 9.98. The van der Waals surface area contributed by atoms with Gasteiger partial charge in [-0.15, -0.1) is 0 Å². The Bertz CT molecular complexity index is 1320. The molecule has 132 valence electrons. The second-order valence-corrected chi connectivity index (χ2v) is 8.32. The minimum Gasteiger partial charge on any atom is -0.612 e. The van der Waals surface area contributed by atoms with Gasteiger partial charge in [0.15, 0.2) is 4.90 Å². The van der Waals surface area contributed by atoms with Crippen molar-refractivity contribution in [3.8, 4) is 11.1 Å². The van der Waals surface area contributed by atoms with Crippen LogP contribution in [0.15, 0.2) is 82.1 Å². The number of furan rings is 1. The molecule has 5 rings (SSSR count). The fourth-order valence-corrected chi connectivity index (χ4v) is 4.75. The lowest BCUT2D eigenvalue weighted by Crippen LogP contribution is -2.00. The molecule has 27 heavy (non-hydrogen) atoms. The molecular formula is C23H15ClO2S. The monoisotopic (exact) mass is 390 g/mol. The molecule has 0 radical (unpaired) electrons. The van der Waals surface area contributed by atoms with Gasteiger partial charge in [0.1, 0.15) is 17.4 Å². The van der Waals surface area contributed by atoms with Gasteiger partial charge in [0.2, 0.25) is 0 Å². The fraction of sp³-hybridized carbons (Fsp3) is 0.0435. The molecular weight excluding hydrogens is 376 g/mol. The van der Waals surface area contributed by atoms with Gasteiger partial charge in [0.05, 0.1) is 0 Å². The van der Waals surface area contributed by atoms with Gasteiger partial charge < -0.3 is 8.97 Å². The van der Waals surface area contributed by atoms with E-state index in [-0.39, 0.29) is 0 Å². The molecule has 2 nitrogen and oxygen atoms in total. The molecule has 0 aliphatic heterocycles. The summed E-state index contributed by atoms with van der Waals surface area (Å²) in [5.74, 6) is 0. The van der Waals surface area contributed by atoms with Gasteiger partial charge >= 0.3 is 0 Å². The third-order valence-corrected chi connectivity index (χ3v) is 6.12. The summed E-state index contributed by atoms with van der Waals surface area (Å²) in [5, 5.41) is 4.91. The van der Waals surface area contributed by atoms with E-state index >= 15 is 0 Å². The van der Waals surface area contributed by atoms with Gasteiger partial charge in [-0.25, -0.2) is 0 Å². The summed E-state index contributed by atoms with van der Waals surface area (Å²) in [6.45, 7) is 0. The van der Waals surface area contributed by atoms with E-state index in [1.54, 1.807) is 12.3 Å². The van der Waals surface area contributed by atoms with Crippen molar-refractivity contribution in [3.63, 3.8) is 0 Å². The zero-order valence-corrected chi connectivity index (χ0v) is 16.1. The van der Waals surface area contributed by atoms with E-state index in [2.05, 4.69) is 24.3 Å². The van der Waals surface area contributed by atoms with Crippen LogP contribution in [0.25, 0.3) is 43.8 Å². The molecule has 1 atom stereocenters. The number of rotatable bonds is 2. The van der Waals surface area contributed by atoms with Crippen molar-refractivity contribution < 1.29 is 8.97 Å². The number of hydrogen-bond acceptors (Lipinski definition) is 2. The van der Waals surface area contributed by atoms with Gasteiger partial charge in [-0.3, -0.25) is 0 Å². The summed E-state index contributed by atoms with van der Waals surface area (Å²) < 4.78 is 18.6. The predicted molar refractivity (Wildman–Crippen MR) is 114 cm³/mol. The highest BCUT2D eigenvalue weighted by Gasteiger charge is 2.19. The van der Waals surface area contributed by atoms with Crippen LogP contribution in [0.3, 0.4) is 0 Å². The summed E-state index contributed by atoms with van der Waals surface area (Å²) in [4.78, 5) is 0.727. The topological polar surface area (TPSA) is 36.2 Å². The summed E-state index contributed by atoms with van der Waals surface area (Å²) in [6.07, 6.45) is 1.68. The zero-order valence-electron chi connectivity index (χ0n) is 14.5. The van der Waals surface area contributed by atoms with E-state index in [1.165, 1.54) is 0 Å². The van der Waals surface area contributed by atoms with Gasteiger partial charge in [-0.05, 0) is 46.4 Å². The Labute approximate surface area is 164 Å². The molecule has 0 saturated heterocycles. The SMILES string of the molecule is C[S+]([O-])c1cc(Cl)ccc1-c1cccc2oc3c4ccccc4ccc3c12. The Morgan fingerprint density at radius 1 is 0.852 bits per heavy atom. The largest absolute Gasteiger partial charge is 0.612 e. The van der Waals surface area contributed by atoms with Crippen LogP contribution in [-0.2, 0) is 11.2 Å². The Balaban J connectivity index is 1.91. The Kier molecular flexibility index (Phi) is 3.90. The quantitative estimate of drug-likeness (QED) is 0.311. The number of benzene rings is 4. The molecule has 5 aromatic rings. The van der Waals surface area contributed by atoms with Crippen LogP contribution in [0.4, 0.5) is 0 Å². The number of hydrogen-bond donors (Lipinski definition) is 0. The first kappa shape index (κ1) is 16.7. The fourth-order valence-electron chi connectivity index (χ4n) is 3.73. The Morgan fingerprint density at radius 2 is 1.70 bits per heavy atom. The molecule has 0 amide bonds. The average molecular weight is 391 g/mol. The van der Waals surface area contributed by atoms with Gasteiger partial charge in [-0.1, -0.05) is 54.1 Å². The summed E-state index contributed by atoms with van der Waals surface area (Å²) in [6, 6.07) is 24.0. The normalized spacial score (nSPS) is 12.9. The third-order valence-electron chi connectivity index (χ3n) is 4.93. The van der Waals surface area contributed by atoms with Gasteiger partial charge in [0.25, 0.3) is 0 Å². The minimum atomic E-state index is -1.15. The van der Waals surface area contributed by atoms with E-state index in [1.807, 2.05) is 42.5 Å². The minimum absolute atomic E-state index is 0.583. The second-order valence-electron chi connectivity index (χ2n) is 6.54. The molecule has 0 N–H and O–H groups in total. The number of fused-ring (bicyclic) bond motifs is 5. The van der Waals surface area contributed by atoms with Crippen molar-refractivity contribution >= 4 is 55.5 Å². The van der Waals surface area contributed by atoms with E-state index in [9.17, 15) is 4.55 Å². The summed E-state index contributed by atoms with van der Waals surface area (Å²) in [7, 11) is 0. The van der Waals surface area contributed by atoms with Crippen LogP contribution < -0.4 is 0 Å². The maximum atomic E-state index is 12.3. The van der Waals surface area contributed by atoms with Crippen LogP contribution in [0.2, 0.25) is 5.02 Å². The van der Waals surface area contributed by atoms with Crippen LogP contribution in [0, 0.1) is 0 Å². The van der Waals surface area contributed by atoms with Crippen LogP contribution in [0.1, 0.15) is 0 Å². The van der Waals surface area contributed by atoms with Crippen LogP contribution in [0.5, 0.6) is 0 Å². The number of halogens is 1. The molecule has 1 heterocycles. The molecule has 1 aromatic heterocycles.